The maximum Gasteiger partial charge on any atom is 0.339 e. The zero-order valence-corrected chi connectivity index (χ0v) is 22.0. The van der Waals surface area contributed by atoms with Crippen LogP contribution in [0.15, 0.2) is 60.7 Å². The lowest BCUT2D eigenvalue weighted by atomic mass is 10.0. The highest BCUT2D eigenvalue weighted by Gasteiger charge is 2.21. The molecule has 0 aliphatic carbocycles. The van der Waals surface area contributed by atoms with E-state index in [0.717, 1.165) is 0 Å². The minimum atomic E-state index is -0.681. The van der Waals surface area contributed by atoms with Crippen molar-refractivity contribution in [3.63, 3.8) is 0 Å². The van der Waals surface area contributed by atoms with E-state index in [1.54, 1.807) is 36.4 Å². The monoisotopic (exact) mass is 530 g/mol. The molecule has 0 saturated carbocycles. The molecule has 0 bridgehead atoms. The Morgan fingerprint density at radius 3 is 2.00 bits per heavy atom. The first-order valence-corrected chi connectivity index (χ1v) is 11.7. The van der Waals surface area contributed by atoms with Crippen LogP contribution in [0.5, 0.6) is 17.2 Å². The number of aromatic nitrogens is 1. The molecular weight excluding hydrogens is 504 g/mol. The van der Waals surface area contributed by atoms with E-state index in [2.05, 4.69) is 5.32 Å². The van der Waals surface area contributed by atoms with Crippen molar-refractivity contribution in [3.8, 4) is 28.5 Å². The molecule has 1 heterocycles. The summed E-state index contributed by atoms with van der Waals surface area (Å²) in [6.07, 6.45) is 0. The minimum Gasteiger partial charge on any atom is -0.493 e. The van der Waals surface area contributed by atoms with E-state index in [1.165, 1.54) is 53.7 Å². The van der Waals surface area contributed by atoms with E-state index in [1.807, 2.05) is 6.07 Å². The average molecular weight is 531 g/mol. The predicted molar refractivity (Wildman–Crippen MR) is 144 cm³/mol. The van der Waals surface area contributed by atoms with Gasteiger partial charge in [-0.2, -0.15) is 0 Å². The van der Waals surface area contributed by atoms with Gasteiger partial charge in [-0.05, 0) is 42.5 Å². The molecule has 1 amide bonds. The van der Waals surface area contributed by atoms with Gasteiger partial charge in [-0.3, -0.25) is 4.79 Å². The topological polar surface area (TPSA) is 122 Å². The highest BCUT2D eigenvalue weighted by Crippen LogP contribution is 2.41. The molecule has 4 rings (SSSR count). The Morgan fingerprint density at radius 2 is 1.38 bits per heavy atom. The summed E-state index contributed by atoms with van der Waals surface area (Å²) in [5, 5.41) is 3.33. The van der Waals surface area contributed by atoms with Crippen LogP contribution >= 0.6 is 0 Å². The van der Waals surface area contributed by atoms with Crippen LogP contribution in [0.1, 0.15) is 31.1 Å². The Hall–Kier alpha value is -5.12. The van der Waals surface area contributed by atoms with Gasteiger partial charge in [-0.15, -0.1) is 0 Å². The molecule has 39 heavy (non-hydrogen) atoms. The number of nitrogens with one attached hydrogen (secondary N) is 1. The number of carbonyl (C=O) groups excluding carboxylic acids is 3. The van der Waals surface area contributed by atoms with Gasteiger partial charge in [0.2, 0.25) is 5.75 Å². The third-order valence-electron chi connectivity index (χ3n) is 6.02. The second-order valence-corrected chi connectivity index (χ2v) is 8.18. The first-order chi connectivity index (χ1) is 18.8. The molecule has 0 saturated heterocycles. The number of methoxy groups -OCH3 is 5. The first-order valence-electron chi connectivity index (χ1n) is 11.7. The molecule has 3 aromatic carbocycles. The molecule has 4 aromatic rings. The highest BCUT2D eigenvalue weighted by atomic mass is 16.5. The van der Waals surface area contributed by atoms with Crippen LogP contribution in [0.3, 0.4) is 0 Å². The molecule has 0 aliphatic heterocycles. The molecule has 0 fully saturated rings. The number of benzene rings is 3. The fraction of sp³-hybridized carbons (Fsp3) is 0.172. The number of rotatable bonds is 8. The Balaban J connectivity index is 1.86. The lowest BCUT2D eigenvalue weighted by Crippen LogP contribution is -2.17. The van der Waals surface area contributed by atoms with E-state index >= 15 is 0 Å². The van der Waals surface area contributed by atoms with E-state index in [4.69, 9.17) is 28.7 Å². The van der Waals surface area contributed by atoms with Gasteiger partial charge < -0.3 is 29.0 Å². The predicted octanol–water partition coefficient (Wildman–Crippen LogP) is 4.75. The van der Waals surface area contributed by atoms with E-state index in [9.17, 15) is 14.4 Å². The first kappa shape index (κ1) is 26.9. The molecule has 1 aromatic heterocycles. The summed E-state index contributed by atoms with van der Waals surface area (Å²) in [5.41, 5.74) is 2.24. The molecule has 0 radical (unpaired) electrons. The van der Waals surface area contributed by atoms with Gasteiger partial charge in [0.15, 0.2) is 11.5 Å². The average Bonchev–Trinajstić information content (AvgIpc) is 2.98. The van der Waals surface area contributed by atoms with Crippen LogP contribution in [0, 0.1) is 0 Å². The summed E-state index contributed by atoms with van der Waals surface area (Å²) in [6.45, 7) is 0. The van der Waals surface area contributed by atoms with Gasteiger partial charge in [-0.1, -0.05) is 18.2 Å². The largest absolute Gasteiger partial charge is 0.493 e. The third kappa shape index (κ3) is 5.30. The second kappa shape index (κ2) is 11.5. The van der Waals surface area contributed by atoms with Crippen molar-refractivity contribution in [1.82, 2.24) is 4.98 Å². The lowest BCUT2D eigenvalue weighted by molar-refractivity contribution is 0.0587. The second-order valence-electron chi connectivity index (χ2n) is 8.18. The van der Waals surface area contributed by atoms with Crippen LogP contribution in [0.4, 0.5) is 5.69 Å². The number of nitrogens with zero attached hydrogens (tertiary/aromatic N) is 1. The normalized spacial score (nSPS) is 10.5. The lowest BCUT2D eigenvalue weighted by Gasteiger charge is -2.16. The van der Waals surface area contributed by atoms with Crippen molar-refractivity contribution in [3.05, 3.63) is 77.4 Å². The number of amides is 1. The van der Waals surface area contributed by atoms with Crippen LogP contribution in [0.2, 0.25) is 0 Å². The third-order valence-corrected chi connectivity index (χ3v) is 6.02. The molecule has 0 unspecified atom stereocenters. The number of anilines is 1. The van der Waals surface area contributed by atoms with Crippen LogP contribution < -0.4 is 19.5 Å². The summed E-state index contributed by atoms with van der Waals surface area (Å²) >= 11 is 0. The van der Waals surface area contributed by atoms with E-state index in [-0.39, 0.29) is 22.4 Å². The summed E-state index contributed by atoms with van der Waals surface area (Å²) in [5.74, 6) is -0.566. The number of carbonyl (C=O) groups is 3. The number of fused-ring (bicyclic) bond motifs is 1. The number of hydrogen-bond acceptors (Lipinski definition) is 9. The molecule has 0 spiro atoms. The molecule has 0 atom stereocenters. The summed E-state index contributed by atoms with van der Waals surface area (Å²) in [7, 11) is 6.99. The number of hydrogen-bond donors (Lipinski definition) is 1. The van der Waals surface area contributed by atoms with Crippen LogP contribution in [0.25, 0.3) is 22.2 Å². The number of pyridine rings is 1. The summed E-state index contributed by atoms with van der Waals surface area (Å²) in [4.78, 5) is 42.9. The summed E-state index contributed by atoms with van der Waals surface area (Å²) < 4.78 is 26.0. The Bertz CT molecular complexity index is 1560. The molecule has 10 heteroatoms. The standard InChI is InChI=1S/C29H26N2O8/c1-35-24-13-17(14-25(36-2)26(24)37-3)22-15-20(18-8-6-7-9-21(18)30-22)27(32)31-23-12-16(28(33)38-4)10-11-19(23)29(34)39-5/h6-15H,1-5H3,(H,31,32). The smallest absolute Gasteiger partial charge is 0.339 e. The Labute approximate surface area is 224 Å². The van der Waals surface area contributed by atoms with Crippen molar-refractivity contribution in [1.29, 1.82) is 0 Å². The van der Waals surface area contributed by atoms with Gasteiger partial charge in [0, 0.05) is 10.9 Å². The molecule has 0 aliphatic rings. The number of para-hydroxylation sites is 1. The zero-order valence-electron chi connectivity index (χ0n) is 22.0. The van der Waals surface area contributed by atoms with Gasteiger partial charge >= 0.3 is 11.9 Å². The fourth-order valence-electron chi connectivity index (χ4n) is 4.11. The molecule has 10 nitrogen and oxygen atoms in total. The Kier molecular flexibility index (Phi) is 7.95. The van der Waals surface area contributed by atoms with Crippen LogP contribution in [-0.2, 0) is 9.47 Å². The molecular formula is C29H26N2O8. The van der Waals surface area contributed by atoms with Gasteiger partial charge in [0.05, 0.1) is 69.1 Å². The molecule has 1 N–H and O–H groups in total. The maximum absolute atomic E-state index is 13.7. The minimum absolute atomic E-state index is 0.0710. The van der Waals surface area contributed by atoms with Gasteiger partial charge in [-0.25, -0.2) is 14.6 Å². The van der Waals surface area contributed by atoms with Crippen molar-refractivity contribution in [2.75, 3.05) is 40.9 Å². The van der Waals surface area contributed by atoms with E-state index < -0.39 is 17.8 Å². The summed E-state index contributed by atoms with van der Waals surface area (Å²) in [6, 6.07) is 16.4. The quantitative estimate of drug-likeness (QED) is 0.322. The highest BCUT2D eigenvalue weighted by molar-refractivity contribution is 6.15. The number of esters is 2. The maximum atomic E-state index is 13.7. The van der Waals surface area contributed by atoms with Crippen molar-refractivity contribution >= 4 is 34.4 Å². The number of ether oxygens (including phenoxy) is 5. The Morgan fingerprint density at radius 1 is 0.718 bits per heavy atom. The van der Waals surface area contributed by atoms with Crippen molar-refractivity contribution in [2.45, 2.75) is 0 Å². The van der Waals surface area contributed by atoms with Crippen LogP contribution in [-0.4, -0.2) is 58.4 Å². The van der Waals surface area contributed by atoms with E-state index in [0.29, 0.717) is 39.4 Å². The molecule has 200 valence electrons. The van der Waals surface area contributed by atoms with Crippen molar-refractivity contribution in [2.24, 2.45) is 0 Å². The van der Waals surface area contributed by atoms with Crippen molar-refractivity contribution < 1.29 is 38.1 Å². The zero-order chi connectivity index (χ0) is 28.1. The van der Waals surface area contributed by atoms with Gasteiger partial charge in [0.25, 0.3) is 5.91 Å². The SMILES string of the molecule is COC(=O)c1ccc(C(=O)OC)c(NC(=O)c2cc(-c3cc(OC)c(OC)c(OC)c3)nc3ccccc23)c1. The van der Waals surface area contributed by atoms with Gasteiger partial charge in [0.1, 0.15) is 0 Å². The fourth-order valence-corrected chi connectivity index (χ4v) is 4.11.